The number of nitrogens with zero attached hydrogens (tertiary/aromatic N) is 2. The Balaban J connectivity index is 1.78. The van der Waals surface area contributed by atoms with Crippen molar-refractivity contribution in [2.24, 2.45) is 0 Å². The zero-order chi connectivity index (χ0) is 19.6. The Bertz CT molecular complexity index is 873. The Morgan fingerprint density at radius 1 is 1.37 bits per heavy atom. The van der Waals surface area contributed by atoms with Crippen LogP contribution in [0.1, 0.15) is 20.3 Å². The number of likely N-dealkylation sites (tertiary alicyclic amines) is 1. The highest BCUT2D eigenvalue weighted by atomic mass is 32.2. The topological polar surface area (TPSA) is 121 Å². The number of aromatic nitrogens is 1. The van der Waals surface area contributed by atoms with Crippen molar-refractivity contribution >= 4 is 34.6 Å². The van der Waals surface area contributed by atoms with Gasteiger partial charge in [-0.05, 0) is 31.6 Å². The number of hydrogen-bond donors (Lipinski definition) is 4. The summed E-state index contributed by atoms with van der Waals surface area (Å²) in [5.74, 6) is 1.03. The maximum Gasteiger partial charge on any atom is 0.138 e. The van der Waals surface area contributed by atoms with Gasteiger partial charge >= 0.3 is 0 Å². The van der Waals surface area contributed by atoms with Crippen LogP contribution in [0.3, 0.4) is 0 Å². The van der Waals surface area contributed by atoms with Gasteiger partial charge in [-0.3, -0.25) is 15.8 Å². The number of amidine groups is 1. The molecule has 0 spiro atoms. The third-order valence-corrected chi connectivity index (χ3v) is 5.67. The summed E-state index contributed by atoms with van der Waals surface area (Å²) < 4.78 is 5.94. The van der Waals surface area contributed by atoms with E-state index in [1.54, 1.807) is 26.2 Å². The van der Waals surface area contributed by atoms with E-state index in [0.717, 1.165) is 12.2 Å². The Morgan fingerprint density at radius 3 is 2.78 bits per heavy atom. The molecule has 0 aromatic carbocycles. The first-order valence-corrected chi connectivity index (χ1v) is 9.42. The molecule has 2 aliphatic rings. The molecule has 1 aromatic heterocycles. The van der Waals surface area contributed by atoms with Gasteiger partial charge in [0.05, 0.1) is 17.6 Å². The molecule has 0 saturated carbocycles. The van der Waals surface area contributed by atoms with E-state index in [-0.39, 0.29) is 6.10 Å². The van der Waals surface area contributed by atoms with Gasteiger partial charge in [0.15, 0.2) is 0 Å². The van der Waals surface area contributed by atoms with Gasteiger partial charge in [0, 0.05) is 42.2 Å². The van der Waals surface area contributed by atoms with Gasteiger partial charge in [-0.2, -0.15) is 0 Å². The molecule has 1 saturated heterocycles. The number of nitrogens with one attached hydrogen (secondary N) is 4. The highest BCUT2D eigenvalue weighted by Crippen LogP contribution is 2.39. The summed E-state index contributed by atoms with van der Waals surface area (Å²) in [6.07, 6.45) is 5.35. The monoisotopic (exact) mass is 382 g/mol. The van der Waals surface area contributed by atoms with Crippen molar-refractivity contribution in [3.63, 3.8) is 0 Å². The predicted octanol–water partition coefficient (Wildman–Crippen LogP) is 3.50. The number of hydrogen-bond acceptors (Lipinski definition) is 7. The molecule has 1 aromatic rings. The SMILES string of the molecule is CC(=N)/C(C)=C1\C(=N)SC(C(=N)N2CCC(Oc3cccnc3)C2)=C1C=N. The van der Waals surface area contributed by atoms with Crippen LogP contribution in [-0.2, 0) is 0 Å². The second kappa shape index (κ2) is 7.87. The Kier molecular flexibility index (Phi) is 5.55. The molecule has 7 nitrogen and oxygen atoms in total. The Hall–Kier alpha value is -2.74. The molecule has 3 heterocycles. The lowest BCUT2D eigenvalue weighted by Gasteiger charge is -2.20. The molecule has 0 aliphatic carbocycles. The summed E-state index contributed by atoms with van der Waals surface area (Å²) in [5.41, 5.74) is 2.18. The molecule has 8 heteroatoms. The highest BCUT2D eigenvalue weighted by Gasteiger charge is 2.34. The summed E-state index contributed by atoms with van der Waals surface area (Å²) in [6.45, 7) is 4.73. The minimum atomic E-state index is -0.0231. The summed E-state index contributed by atoms with van der Waals surface area (Å²) in [5, 5.41) is 32.8. The number of ether oxygens (including phenoxy) is 1. The lowest BCUT2D eigenvalue weighted by molar-refractivity contribution is 0.213. The number of thioether (sulfide) groups is 1. The van der Waals surface area contributed by atoms with E-state index in [2.05, 4.69) is 4.98 Å². The van der Waals surface area contributed by atoms with Crippen molar-refractivity contribution in [1.29, 1.82) is 21.6 Å². The molecule has 1 atom stereocenters. The van der Waals surface area contributed by atoms with E-state index in [9.17, 15) is 0 Å². The normalized spacial score (nSPS) is 21.5. The summed E-state index contributed by atoms with van der Waals surface area (Å²) >= 11 is 1.19. The van der Waals surface area contributed by atoms with Crippen LogP contribution < -0.4 is 4.74 Å². The van der Waals surface area contributed by atoms with Gasteiger partial charge in [-0.15, -0.1) is 0 Å². The Morgan fingerprint density at radius 2 is 2.15 bits per heavy atom. The molecule has 2 aliphatic heterocycles. The first-order chi connectivity index (χ1) is 12.9. The molecule has 4 N–H and O–H groups in total. The van der Waals surface area contributed by atoms with Crippen molar-refractivity contribution in [3.05, 3.63) is 46.2 Å². The molecular weight excluding hydrogens is 360 g/mol. The summed E-state index contributed by atoms with van der Waals surface area (Å²) in [4.78, 5) is 6.58. The van der Waals surface area contributed by atoms with Gasteiger partial charge in [0.2, 0.25) is 0 Å². The molecule has 3 rings (SSSR count). The quantitative estimate of drug-likeness (QED) is 0.460. The third-order valence-electron chi connectivity index (χ3n) is 4.64. The first kappa shape index (κ1) is 19.0. The maximum absolute atomic E-state index is 8.62. The van der Waals surface area contributed by atoms with Crippen molar-refractivity contribution in [2.75, 3.05) is 13.1 Å². The van der Waals surface area contributed by atoms with Crippen molar-refractivity contribution in [3.8, 4) is 5.75 Å². The fourth-order valence-electron chi connectivity index (χ4n) is 3.10. The fourth-order valence-corrected chi connectivity index (χ4v) is 4.16. The summed E-state index contributed by atoms with van der Waals surface area (Å²) in [7, 11) is 0. The van der Waals surface area contributed by atoms with Crippen LogP contribution in [-0.4, -0.2) is 51.9 Å². The second-order valence-corrected chi connectivity index (χ2v) is 7.48. The zero-order valence-corrected chi connectivity index (χ0v) is 16.1. The van der Waals surface area contributed by atoms with Crippen LogP contribution in [0.2, 0.25) is 0 Å². The molecule has 1 fully saturated rings. The van der Waals surface area contributed by atoms with Crippen LogP contribution in [0.5, 0.6) is 5.75 Å². The lowest BCUT2D eigenvalue weighted by Crippen LogP contribution is -2.31. The lowest BCUT2D eigenvalue weighted by atomic mass is 9.99. The minimum absolute atomic E-state index is 0.0231. The largest absolute Gasteiger partial charge is 0.487 e. The van der Waals surface area contributed by atoms with E-state index in [0.29, 0.717) is 51.3 Å². The smallest absolute Gasteiger partial charge is 0.138 e. The molecular formula is C19H22N6OS. The minimum Gasteiger partial charge on any atom is -0.487 e. The van der Waals surface area contributed by atoms with Crippen molar-refractivity contribution < 1.29 is 4.74 Å². The van der Waals surface area contributed by atoms with Gasteiger partial charge in [-0.1, -0.05) is 11.8 Å². The molecule has 0 radical (unpaired) electrons. The number of rotatable bonds is 5. The highest BCUT2D eigenvalue weighted by molar-refractivity contribution is 8.18. The average molecular weight is 382 g/mol. The number of pyridine rings is 1. The average Bonchev–Trinajstić information content (AvgIpc) is 3.25. The van der Waals surface area contributed by atoms with E-state index in [1.807, 2.05) is 17.0 Å². The van der Waals surface area contributed by atoms with Gasteiger partial charge in [-0.25, -0.2) is 0 Å². The van der Waals surface area contributed by atoms with E-state index >= 15 is 0 Å². The molecule has 27 heavy (non-hydrogen) atoms. The van der Waals surface area contributed by atoms with Gasteiger partial charge in [0.1, 0.15) is 22.7 Å². The van der Waals surface area contributed by atoms with Crippen LogP contribution in [0.4, 0.5) is 0 Å². The standard InChI is InChI=1S/C19H22N6OS/c1-11(12(2)21)16-15(8-20)17(27-19(16)23)18(22)25-7-5-14(10-25)26-13-4-3-6-24-9-13/h3-4,6,8-9,14,20-23H,5,7,10H2,1-2H3/b16-11-,20-8?,21-12?,22-18?,23-19?. The molecule has 0 bridgehead atoms. The molecule has 1 unspecified atom stereocenters. The van der Waals surface area contributed by atoms with Gasteiger partial charge in [0.25, 0.3) is 0 Å². The van der Waals surface area contributed by atoms with Crippen LogP contribution in [0.15, 0.2) is 46.2 Å². The maximum atomic E-state index is 8.62. The van der Waals surface area contributed by atoms with Crippen LogP contribution in [0, 0.1) is 21.6 Å². The first-order valence-electron chi connectivity index (χ1n) is 8.61. The summed E-state index contributed by atoms with van der Waals surface area (Å²) in [6, 6.07) is 3.69. The molecule has 0 amide bonds. The Labute approximate surface area is 162 Å². The molecule has 140 valence electrons. The van der Waals surface area contributed by atoms with E-state index in [1.165, 1.54) is 18.0 Å². The van der Waals surface area contributed by atoms with Crippen molar-refractivity contribution in [1.82, 2.24) is 9.88 Å². The fraction of sp³-hybridized carbons (Fsp3) is 0.316. The third kappa shape index (κ3) is 3.85. The van der Waals surface area contributed by atoms with Crippen molar-refractivity contribution in [2.45, 2.75) is 26.4 Å². The zero-order valence-electron chi connectivity index (χ0n) is 15.3. The van der Waals surface area contributed by atoms with Gasteiger partial charge < -0.3 is 20.5 Å². The van der Waals surface area contributed by atoms with Crippen LogP contribution in [0.25, 0.3) is 0 Å². The second-order valence-electron chi connectivity index (χ2n) is 6.46. The predicted molar refractivity (Wildman–Crippen MR) is 110 cm³/mol. The van der Waals surface area contributed by atoms with E-state index in [4.69, 9.17) is 26.4 Å². The van der Waals surface area contributed by atoms with E-state index < -0.39 is 0 Å². The number of allylic oxidation sites excluding steroid dienone is 2. The van der Waals surface area contributed by atoms with Crippen LogP contribution >= 0.6 is 11.8 Å².